The molecule has 4 rings (SSSR count). The summed E-state index contributed by atoms with van der Waals surface area (Å²) in [5, 5.41) is 14.6. The van der Waals surface area contributed by atoms with Gasteiger partial charge in [-0.25, -0.2) is 4.21 Å². The summed E-state index contributed by atoms with van der Waals surface area (Å²) in [5.74, 6) is 0.644. The summed E-state index contributed by atoms with van der Waals surface area (Å²) in [7, 11) is -1.25. The molecule has 0 saturated carbocycles. The second kappa shape index (κ2) is 5.99. The molecule has 0 fully saturated rings. The average Bonchev–Trinajstić information content (AvgIpc) is 3.09. The van der Waals surface area contributed by atoms with Crippen LogP contribution in [0.15, 0.2) is 46.2 Å². The van der Waals surface area contributed by atoms with Gasteiger partial charge in [0.05, 0.1) is 32.0 Å². The maximum atomic E-state index is 13.0. The van der Waals surface area contributed by atoms with E-state index in [1.165, 1.54) is 0 Å². The standard InChI is InChI=1S/C16H14ClN5OS/c1-10-2-4-12-14(8-10)24(23)15-9-11(17)3-5-13(15)22(12)7-6-16-18-20-21-19-16/h2-5,8-9H,6-7H2,1H3,(H,18,19,20,21). The van der Waals surface area contributed by atoms with Gasteiger partial charge in [0.1, 0.15) is 0 Å². The SMILES string of the molecule is Cc1ccc2c(c1)S(=O)c1cc(Cl)ccc1N2CCc1nn[nH]n1. The lowest BCUT2D eigenvalue weighted by Gasteiger charge is -2.32. The van der Waals surface area contributed by atoms with E-state index in [1.54, 1.807) is 6.07 Å². The highest BCUT2D eigenvalue weighted by atomic mass is 35.5. The van der Waals surface area contributed by atoms with Crippen molar-refractivity contribution in [2.45, 2.75) is 23.1 Å². The Hall–Kier alpha value is -2.25. The number of rotatable bonds is 3. The van der Waals surface area contributed by atoms with Crippen molar-refractivity contribution < 1.29 is 4.21 Å². The van der Waals surface area contributed by atoms with Crippen molar-refractivity contribution in [3.8, 4) is 0 Å². The molecule has 1 atom stereocenters. The molecule has 24 heavy (non-hydrogen) atoms. The molecule has 0 amide bonds. The van der Waals surface area contributed by atoms with Crippen molar-refractivity contribution in [3.05, 3.63) is 52.8 Å². The molecule has 3 aromatic rings. The van der Waals surface area contributed by atoms with E-state index in [0.717, 1.165) is 26.7 Å². The monoisotopic (exact) mass is 359 g/mol. The van der Waals surface area contributed by atoms with Gasteiger partial charge in [0.25, 0.3) is 0 Å². The van der Waals surface area contributed by atoms with Crippen LogP contribution in [0.2, 0.25) is 5.02 Å². The number of aryl methyl sites for hydroxylation is 1. The fourth-order valence-electron chi connectivity index (χ4n) is 2.84. The normalized spacial score (nSPS) is 15.9. The van der Waals surface area contributed by atoms with Crippen LogP contribution in [0.25, 0.3) is 0 Å². The van der Waals surface area contributed by atoms with Gasteiger partial charge in [-0.15, -0.1) is 10.2 Å². The highest BCUT2D eigenvalue weighted by Crippen LogP contribution is 2.43. The quantitative estimate of drug-likeness (QED) is 0.778. The summed E-state index contributed by atoms with van der Waals surface area (Å²) in [6.07, 6.45) is 0.624. The Morgan fingerprint density at radius 2 is 1.92 bits per heavy atom. The first-order valence-corrected chi connectivity index (χ1v) is 8.98. The predicted octanol–water partition coefficient (Wildman–Crippen LogP) is 3.02. The number of halogens is 1. The molecule has 1 aliphatic rings. The Kier molecular flexibility index (Phi) is 3.82. The van der Waals surface area contributed by atoms with Crippen LogP contribution < -0.4 is 4.90 Å². The molecule has 0 radical (unpaired) electrons. The number of H-pyrrole nitrogens is 1. The zero-order valence-electron chi connectivity index (χ0n) is 12.9. The van der Waals surface area contributed by atoms with Gasteiger partial charge in [-0.1, -0.05) is 22.9 Å². The average molecular weight is 360 g/mol. The van der Waals surface area contributed by atoms with Gasteiger partial charge in [-0.05, 0) is 42.8 Å². The third kappa shape index (κ3) is 2.59. The molecular formula is C16H14ClN5OS. The molecule has 0 saturated heterocycles. The number of anilines is 2. The van der Waals surface area contributed by atoms with Crippen molar-refractivity contribution >= 4 is 33.8 Å². The van der Waals surface area contributed by atoms with Gasteiger partial charge in [0, 0.05) is 18.0 Å². The summed E-state index contributed by atoms with van der Waals surface area (Å²) in [6, 6.07) is 11.5. The minimum Gasteiger partial charge on any atom is -0.339 e. The van der Waals surface area contributed by atoms with Gasteiger partial charge >= 0.3 is 0 Å². The second-order valence-corrected chi connectivity index (χ2v) is 7.44. The number of benzene rings is 2. The van der Waals surface area contributed by atoms with Crippen molar-refractivity contribution in [3.63, 3.8) is 0 Å². The summed E-state index contributed by atoms with van der Waals surface area (Å²) in [4.78, 5) is 3.67. The molecule has 1 N–H and O–H groups in total. The van der Waals surface area contributed by atoms with E-state index >= 15 is 0 Å². The van der Waals surface area contributed by atoms with Crippen LogP contribution in [0, 0.1) is 6.92 Å². The molecular weight excluding hydrogens is 346 g/mol. The van der Waals surface area contributed by atoms with Crippen LogP contribution in [0.5, 0.6) is 0 Å². The maximum Gasteiger partial charge on any atom is 0.176 e. The molecule has 8 heteroatoms. The number of nitrogens with zero attached hydrogens (tertiary/aromatic N) is 4. The molecule has 0 spiro atoms. The van der Waals surface area contributed by atoms with Gasteiger partial charge in [-0.2, -0.15) is 5.21 Å². The van der Waals surface area contributed by atoms with Crippen LogP contribution >= 0.6 is 11.6 Å². The summed E-state index contributed by atoms with van der Waals surface area (Å²) in [5.41, 5.74) is 2.92. The Balaban J connectivity index is 1.80. The van der Waals surface area contributed by atoms with Crippen molar-refractivity contribution in [2.24, 2.45) is 0 Å². The minimum atomic E-state index is -1.25. The van der Waals surface area contributed by atoms with Crippen LogP contribution in [0.4, 0.5) is 11.4 Å². The Bertz CT molecular complexity index is 873. The van der Waals surface area contributed by atoms with E-state index in [9.17, 15) is 4.21 Å². The molecule has 122 valence electrons. The van der Waals surface area contributed by atoms with Crippen molar-refractivity contribution in [1.29, 1.82) is 0 Å². The first-order valence-electron chi connectivity index (χ1n) is 7.45. The Morgan fingerprint density at radius 3 is 2.67 bits per heavy atom. The van der Waals surface area contributed by atoms with Crippen molar-refractivity contribution in [2.75, 3.05) is 11.4 Å². The number of tetrazole rings is 1. The van der Waals surface area contributed by atoms with Gasteiger partial charge in [-0.3, -0.25) is 0 Å². The van der Waals surface area contributed by atoms with E-state index in [1.807, 2.05) is 37.3 Å². The third-order valence-electron chi connectivity index (χ3n) is 3.97. The van der Waals surface area contributed by atoms with Crippen LogP contribution in [0.3, 0.4) is 0 Å². The predicted molar refractivity (Wildman–Crippen MR) is 92.2 cm³/mol. The van der Waals surface area contributed by atoms with Gasteiger partial charge in [0.15, 0.2) is 5.82 Å². The lowest BCUT2D eigenvalue weighted by atomic mass is 10.1. The first kappa shape index (κ1) is 15.3. The van der Waals surface area contributed by atoms with Crippen molar-refractivity contribution in [1.82, 2.24) is 20.6 Å². The number of fused-ring (bicyclic) bond motifs is 2. The smallest absolute Gasteiger partial charge is 0.176 e. The molecule has 6 nitrogen and oxygen atoms in total. The molecule has 1 aliphatic heterocycles. The number of aromatic amines is 1. The van der Waals surface area contributed by atoms with Gasteiger partial charge < -0.3 is 4.90 Å². The largest absolute Gasteiger partial charge is 0.339 e. The molecule has 1 unspecified atom stereocenters. The number of hydrogen-bond donors (Lipinski definition) is 1. The molecule has 0 bridgehead atoms. The topological polar surface area (TPSA) is 74.8 Å². The zero-order valence-corrected chi connectivity index (χ0v) is 14.4. The maximum absolute atomic E-state index is 13.0. The summed E-state index contributed by atoms with van der Waals surface area (Å²) in [6.45, 7) is 2.65. The molecule has 2 heterocycles. The van der Waals surface area contributed by atoms with E-state index in [2.05, 4.69) is 25.5 Å². The highest BCUT2D eigenvalue weighted by Gasteiger charge is 2.28. The van der Waals surface area contributed by atoms with Gasteiger partial charge in [0.2, 0.25) is 0 Å². The van der Waals surface area contributed by atoms with E-state index in [4.69, 9.17) is 11.6 Å². The molecule has 0 aliphatic carbocycles. The number of hydrogen-bond acceptors (Lipinski definition) is 5. The third-order valence-corrected chi connectivity index (χ3v) is 5.65. The fraction of sp³-hybridized carbons (Fsp3) is 0.188. The fourth-order valence-corrected chi connectivity index (χ4v) is 4.58. The summed E-state index contributed by atoms with van der Waals surface area (Å²) >= 11 is 6.12. The number of aromatic nitrogens is 4. The Labute approximate surface area is 146 Å². The highest BCUT2D eigenvalue weighted by molar-refractivity contribution is 7.85. The van der Waals surface area contributed by atoms with E-state index in [0.29, 0.717) is 23.8 Å². The lowest BCUT2D eigenvalue weighted by molar-refractivity contribution is 0.680. The van der Waals surface area contributed by atoms with E-state index in [-0.39, 0.29) is 0 Å². The number of nitrogens with one attached hydrogen (secondary N) is 1. The van der Waals surface area contributed by atoms with Crippen LogP contribution in [0.1, 0.15) is 11.4 Å². The molecule has 1 aromatic heterocycles. The first-order chi connectivity index (χ1) is 11.6. The minimum absolute atomic E-state index is 0.580. The second-order valence-electron chi connectivity index (χ2n) is 5.58. The van der Waals surface area contributed by atoms with Crippen LogP contribution in [-0.4, -0.2) is 31.4 Å². The van der Waals surface area contributed by atoms with Crippen LogP contribution in [-0.2, 0) is 17.2 Å². The summed E-state index contributed by atoms with van der Waals surface area (Å²) < 4.78 is 13.0. The van der Waals surface area contributed by atoms with E-state index < -0.39 is 10.8 Å². The molecule has 2 aromatic carbocycles. The Morgan fingerprint density at radius 1 is 1.17 bits per heavy atom. The zero-order chi connectivity index (χ0) is 16.7. The lowest BCUT2D eigenvalue weighted by Crippen LogP contribution is -2.26.